The van der Waals surface area contributed by atoms with Crippen LogP contribution in [0.2, 0.25) is 0 Å². The number of methoxy groups -OCH3 is 1. The number of nitrogens with one attached hydrogen (secondary N) is 1. The second-order valence-electron chi connectivity index (χ2n) is 5.21. The van der Waals surface area contributed by atoms with Crippen molar-refractivity contribution in [1.82, 2.24) is 15.5 Å². The molecule has 0 saturated carbocycles. The van der Waals surface area contributed by atoms with Crippen LogP contribution in [0.25, 0.3) is 0 Å². The molecular formula is C15H19N3O2. The van der Waals surface area contributed by atoms with E-state index >= 15 is 0 Å². The van der Waals surface area contributed by atoms with Crippen molar-refractivity contribution in [2.75, 3.05) is 13.7 Å². The summed E-state index contributed by atoms with van der Waals surface area (Å²) < 4.78 is 10.7. The first-order valence-corrected chi connectivity index (χ1v) is 6.89. The predicted molar refractivity (Wildman–Crippen MR) is 74.4 cm³/mol. The van der Waals surface area contributed by atoms with Crippen molar-refractivity contribution in [2.45, 2.75) is 31.9 Å². The molecule has 5 nitrogen and oxygen atoms in total. The van der Waals surface area contributed by atoms with Crippen molar-refractivity contribution in [3.8, 4) is 0 Å². The molecule has 2 atom stereocenters. The number of aryl methyl sites for hydroxylation is 1. The van der Waals surface area contributed by atoms with Gasteiger partial charge in [-0.25, -0.2) is 0 Å². The standard InChI is InChI=1S/C15H19N3O2/c1-10-5-3-4-6-11(10)7-14-17-15(20-18-14)13-8-12(19-2)9-16-13/h3-6,12-13,16H,7-9H2,1-2H3. The number of benzene rings is 1. The molecule has 2 unspecified atom stereocenters. The fraction of sp³-hybridized carbons (Fsp3) is 0.467. The van der Waals surface area contributed by atoms with Gasteiger partial charge >= 0.3 is 0 Å². The van der Waals surface area contributed by atoms with Crippen molar-refractivity contribution in [3.63, 3.8) is 0 Å². The maximum Gasteiger partial charge on any atom is 0.243 e. The van der Waals surface area contributed by atoms with E-state index in [9.17, 15) is 0 Å². The van der Waals surface area contributed by atoms with Gasteiger partial charge in [-0.05, 0) is 24.5 Å². The van der Waals surface area contributed by atoms with E-state index in [4.69, 9.17) is 9.26 Å². The molecule has 1 aliphatic rings. The van der Waals surface area contributed by atoms with Crippen LogP contribution in [-0.2, 0) is 11.2 Å². The lowest BCUT2D eigenvalue weighted by Gasteiger charge is -2.04. The maximum absolute atomic E-state index is 5.37. The molecule has 106 valence electrons. The van der Waals surface area contributed by atoms with Gasteiger partial charge in [-0.3, -0.25) is 0 Å². The topological polar surface area (TPSA) is 60.2 Å². The average Bonchev–Trinajstić information content (AvgIpc) is 3.10. The lowest BCUT2D eigenvalue weighted by atomic mass is 10.1. The minimum atomic E-state index is 0.109. The van der Waals surface area contributed by atoms with E-state index in [0.717, 1.165) is 18.8 Å². The van der Waals surface area contributed by atoms with E-state index in [-0.39, 0.29) is 12.1 Å². The maximum atomic E-state index is 5.37. The van der Waals surface area contributed by atoms with Crippen LogP contribution >= 0.6 is 0 Å². The van der Waals surface area contributed by atoms with Crippen molar-refractivity contribution in [1.29, 1.82) is 0 Å². The summed E-state index contributed by atoms with van der Waals surface area (Å²) in [5.41, 5.74) is 2.48. The second-order valence-corrected chi connectivity index (χ2v) is 5.21. The Morgan fingerprint density at radius 3 is 3.00 bits per heavy atom. The predicted octanol–water partition coefficient (Wildman–Crippen LogP) is 2.02. The Kier molecular flexibility index (Phi) is 3.80. The lowest BCUT2D eigenvalue weighted by molar-refractivity contribution is 0.116. The zero-order valence-electron chi connectivity index (χ0n) is 11.8. The summed E-state index contributed by atoms with van der Waals surface area (Å²) in [4.78, 5) is 4.50. The zero-order chi connectivity index (χ0) is 13.9. The van der Waals surface area contributed by atoms with Crippen LogP contribution in [0.15, 0.2) is 28.8 Å². The molecule has 0 aliphatic carbocycles. The van der Waals surface area contributed by atoms with Gasteiger partial charge in [-0.15, -0.1) is 0 Å². The highest BCUT2D eigenvalue weighted by atomic mass is 16.5. The van der Waals surface area contributed by atoms with Gasteiger partial charge in [-0.1, -0.05) is 29.4 Å². The Morgan fingerprint density at radius 1 is 1.40 bits per heavy atom. The zero-order valence-corrected chi connectivity index (χ0v) is 11.8. The summed E-state index contributed by atoms with van der Waals surface area (Å²) in [5.74, 6) is 1.39. The first kappa shape index (κ1) is 13.3. The molecule has 1 aliphatic heterocycles. The highest BCUT2D eigenvalue weighted by molar-refractivity contribution is 5.28. The molecule has 0 radical (unpaired) electrons. The molecule has 5 heteroatoms. The Labute approximate surface area is 118 Å². The molecule has 0 amide bonds. The van der Waals surface area contributed by atoms with E-state index in [1.54, 1.807) is 7.11 Å². The smallest absolute Gasteiger partial charge is 0.243 e. The van der Waals surface area contributed by atoms with Crippen molar-refractivity contribution < 1.29 is 9.26 Å². The van der Waals surface area contributed by atoms with Crippen LogP contribution in [0.4, 0.5) is 0 Å². The Morgan fingerprint density at radius 2 is 2.25 bits per heavy atom. The fourth-order valence-corrected chi connectivity index (χ4v) is 2.53. The summed E-state index contributed by atoms with van der Waals surface area (Å²) >= 11 is 0. The average molecular weight is 273 g/mol. The highest BCUT2D eigenvalue weighted by Gasteiger charge is 2.29. The van der Waals surface area contributed by atoms with Gasteiger partial charge < -0.3 is 14.6 Å². The summed E-state index contributed by atoms with van der Waals surface area (Å²) in [6, 6.07) is 8.37. The number of rotatable bonds is 4. The summed E-state index contributed by atoms with van der Waals surface area (Å²) in [7, 11) is 1.73. The van der Waals surface area contributed by atoms with Crippen molar-refractivity contribution in [3.05, 3.63) is 47.1 Å². The number of hydrogen-bond donors (Lipinski definition) is 1. The van der Waals surface area contributed by atoms with Gasteiger partial charge in [0.1, 0.15) is 0 Å². The van der Waals surface area contributed by atoms with E-state index < -0.39 is 0 Å². The molecule has 3 rings (SSSR count). The monoisotopic (exact) mass is 273 g/mol. The van der Waals surface area contributed by atoms with Crippen LogP contribution in [-0.4, -0.2) is 29.9 Å². The summed E-state index contributed by atoms with van der Waals surface area (Å²) in [6.07, 6.45) is 1.81. The van der Waals surface area contributed by atoms with E-state index in [2.05, 4.69) is 34.5 Å². The van der Waals surface area contributed by atoms with Gasteiger partial charge in [0.15, 0.2) is 5.82 Å². The molecule has 2 aromatic rings. The molecule has 1 aromatic carbocycles. The van der Waals surface area contributed by atoms with Gasteiger partial charge in [0.2, 0.25) is 5.89 Å². The van der Waals surface area contributed by atoms with Gasteiger partial charge in [0.25, 0.3) is 0 Å². The van der Waals surface area contributed by atoms with Gasteiger partial charge in [0.05, 0.1) is 12.1 Å². The molecule has 1 aromatic heterocycles. The van der Waals surface area contributed by atoms with Crippen LogP contribution in [0.1, 0.15) is 35.3 Å². The van der Waals surface area contributed by atoms with Crippen LogP contribution in [0.3, 0.4) is 0 Å². The largest absolute Gasteiger partial charge is 0.380 e. The van der Waals surface area contributed by atoms with Crippen molar-refractivity contribution in [2.24, 2.45) is 0 Å². The number of nitrogens with zero attached hydrogens (tertiary/aromatic N) is 2. The SMILES string of the molecule is COC1CNC(c2nc(Cc3ccccc3C)no2)C1. The molecule has 1 fully saturated rings. The molecule has 1 N–H and O–H groups in total. The van der Waals surface area contributed by atoms with E-state index in [1.807, 2.05) is 12.1 Å². The van der Waals surface area contributed by atoms with Crippen LogP contribution < -0.4 is 5.32 Å². The van der Waals surface area contributed by atoms with Gasteiger partial charge in [0, 0.05) is 20.1 Å². The second kappa shape index (κ2) is 5.73. The molecule has 0 spiro atoms. The first-order valence-electron chi connectivity index (χ1n) is 6.89. The Hall–Kier alpha value is -1.72. The Bertz CT molecular complexity index is 582. The van der Waals surface area contributed by atoms with Crippen LogP contribution in [0.5, 0.6) is 0 Å². The normalized spacial score (nSPS) is 22.3. The molecule has 0 bridgehead atoms. The summed E-state index contributed by atoms with van der Waals surface area (Å²) in [6.45, 7) is 2.93. The first-order chi connectivity index (χ1) is 9.76. The van der Waals surface area contributed by atoms with Crippen molar-refractivity contribution >= 4 is 0 Å². The molecular weight excluding hydrogens is 254 g/mol. The number of aromatic nitrogens is 2. The number of ether oxygens (including phenoxy) is 1. The Balaban J connectivity index is 1.70. The van der Waals surface area contributed by atoms with Gasteiger partial charge in [-0.2, -0.15) is 4.98 Å². The number of hydrogen-bond acceptors (Lipinski definition) is 5. The molecule has 1 saturated heterocycles. The lowest BCUT2D eigenvalue weighted by Crippen LogP contribution is -2.16. The fourth-order valence-electron chi connectivity index (χ4n) is 2.53. The quantitative estimate of drug-likeness (QED) is 0.923. The van der Waals surface area contributed by atoms with E-state index in [1.165, 1.54) is 11.1 Å². The third-order valence-corrected chi connectivity index (χ3v) is 3.82. The summed E-state index contributed by atoms with van der Waals surface area (Å²) in [5, 5.41) is 7.42. The highest BCUT2D eigenvalue weighted by Crippen LogP contribution is 2.23. The van der Waals surface area contributed by atoms with Crippen LogP contribution in [0, 0.1) is 6.92 Å². The third kappa shape index (κ3) is 2.73. The van der Waals surface area contributed by atoms with E-state index in [0.29, 0.717) is 12.3 Å². The minimum Gasteiger partial charge on any atom is -0.380 e. The third-order valence-electron chi connectivity index (χ3n) is 3.82. The minimum absolute atomic E-state index is 0.109. The molecule has 2 heterocycles. The molecule has 20 heavy (non-hydrogen) atoms.